The average molecular weight is 379 g/mol. The molecule has 0 bridgehead atoms. The summed E-state index contributed by atoms with van der Waals surface area (Å²) in [5, 5.41) is 9.71. The third kappa shape index (κ3) is 3.63. The van der Waals surface area contributed by atoms with E-state index in [0.717, 1.165) is 10.4 Å². The first-order valence-corrected chi connectivity index (χ1v) is 9.23. The maximum atomic E-state index is 12.5. The Morgan fingerprint density at radius 2 is 2.12 bits per heavy atom. The topological polar surface area (TPSA) is 113 Å². The van der Waals surface area contributed by atoms with Crippen molar-refractivity contribution in [3.63, 3.8) is 0 Å². The van der Waals surface area contributed by atoms with E-state index < -0.39 is 12.1 Å². The van der Waals surface area contributed by atoms with E-state index in [0.29, 0.717) is 29.0 Å². The highest BCUT2D eigenvalue weighted by Crippen LogP contribution is 2.25. The van der Waals surface area contributed by atoms with E-state index in [1.165, 1.54) is 16.2 Å². The average Bonchev–Trinajstić information content (AvgIpc) is 2.86. The van der Waals surface area contributed by atoms with Gasteiger partial charge in [0.15, 0.2) is 6.10 Å². The van der Waals surface area contributed by atoms with E-state index in [9.17, 15) is 14.4 Å². The molecule has 0 spiro atoms. The Labute approximate surface area is 153 Å². The Bertz CT molecular complexity index is 919. The molecule has 0 radical (unpaired) electrons. The van der Waals surface area contributed by atoms with Gasteiger partial charge in [0, 0.05) is 24.3 Å². The first-order chi connectivity index (χ1) is 12.3. The van der Waals surface area contributed by atoms with Crippen molar-refractivity contribution in [1.29, 1.82) is 0 Å². The van der Waals surface area contributed by atoms with Gasteiger partial charge in [-0.3, -0.25) is 9.59 Å². The van der Waals surface area contributed by atoms with Gasteiger partial charge >= 0.3 is 5.97 Å². The van der Waals surface area contributed by atoms with E-state index in [-0.39, 0.29) is 30.5 Å². The van der Waals surface area contributed by atoms with Crippen LogP contribution in [0.15, 0.2) is 4.79 Å². The maximum Gasteiger partial charge on any atom is 0.334 e. The van der Waals surface area contributed by atoms with Crippen molar-refractivity contribution in [3.05, 3.63) is 26.6 Å². The number of ether oxygens (including phenoxy) is 1. The number of aromatic amines is 1. The number of thiophene rings is 1. The summed E-state index contributed by atoms with van der Waals surface area (Å²) >= 11 is 1.46. The monoisotopic (exact) mass is 379 g/mol. The van der Waals surface area contributed by atoms with Crippen molar-refractivity contribution in [2.75, 3.05) is 13.1 Å². The highest BCUT2D eigenvalue weighted by Gasteiger charge is 2.32. The number of nitrogens with zero attached hydrogens (tertiary/aromatic N) is 2. The second-order valence-electron chi connectivity index (χ2n) is 6.55. The molecule has 9 heteroatoms. The second-order valence-corrected chi connectivity index (χ2v) is 7.75. The van der Waals surface area contributed by atoms with Crippen molar-refractivity contribution in [2.45, 2.75) is 45.8 Å². The van der Waals surface area contributed by atoms with Crippen LogP contribution in [-0.4, -0.2) is 57.1 Å². The van der Waals surface area contributed by atoms with Gasteiger partial charge in [-0.1, -0.05) is 0 Å². The molecule has 2 aromatic rings. The van der Waals surface area contributed by atoms with E-state index in [4.69, 9.17) is 9.84 Å². The van der Waals surface area contributed by atoms with Gasteiger partial charge in [-0.2, -0.15) is 0 Å². The predicted octanol–water partition coefficient (Wildman–Crippen LogP) is 1.23. The molecule has 8 nitrogen and oxygen atoms in total. The highest BCUT2D eigenvalue weighted by molar-refractivity contribution is 7.18. The summed E-state index contributed by atoms with van der Waals surface area (Å²) in [5.74, 6) is -0.782. The van der Waals surface area contributed by atoms with Crippen molar-refractivity contribution in [1.82, 2.24) is 14.9 Å². The van der Waals surface area contributed by atoms with Crippen molar-refractivity contribution in [3.8, 4) is 0 Å². The number of aryl methyl sites for hydroxylation is 3. The van der Waals surface area contributed by atoms with Gasteiger partial charge in [-0.25, -0.2) is 9.78 Å². The van der Waals surface area contributed by atoms with Crippen LogP contribution >= 0.6 is 11.3 Å². The minimum absolute atomic E-state index is 0.0325. The molecular weight excluding hydrogens is 358 g/mol. The summed E-state index contributed by atoms with van der Waals surface area (Å²) < 4.78 is 5.32. The molecule has 26 heavy (non-hydrogen) atoms. The molecule has 3 rings (SSSR count). The Kier molecular flexibility index (Phi) is 5.10. The number of carbonyl (C=O) groups is 2. The number of H-pyrrole nitrogens is 1. The first kappa shape index (κ1) is 18.5. The van der Waals surface area contributed by atoms with Crippen LogP contribution in [0.25, 0.3) is 10.2 Å². The fraction of sp³-hybridized carbons (Fsp3) is 0.529. The van der Waals surface area contributed by atoms with Crippen LogP contribution in [0.5, 0.6) is 0 Å². The van der Waals surface area contributed by atoms with E-state index >= 15 is 0 Å². The third-order valence-corrected chi connectivity index (χ3v) is 5.65. The van der Waals surface area contributed by atoms with Crippen LogP contribution in [0.4, 0.5) is 0 Å². The number of carboxylic acid groups (broad SMARTS) is 1. The van der Waals surface area contributed by atoms with Gasteiger partial charge in [0.25, 0.3) is 5.56 Å². The lowest BCUT2D eigenvalue weighted by atomic mass is 10.2. The molecule has 2 aromatic heterocycles. The molecule has 1 aliphatic rings. The molecule has 2 N–H and O–H groups in total. The molecule has 1 saturated heterocycles. The fourth-order valence-electron chi connectivity index (χ4n) is 3.09. The lowest BCUT2D eigenvalue weighted by Crippen LogP contribution is -2.51. The number of hydrogen-bond donors (Lipinski definition) is 2. The van der Waals surface area contributed by atoms with E-state index in [1.807, 2.05) is 13.8 Å². The molecule has 0 aliphatic carbocycles. The number of rotatable bonds is 4. The number of morpholine rings is 1. The van der Waals surface area contributed by atoms with Gasteiger partial charge in [0.1, 0.15) is 10.7 Å². The number of aromatic nitrogens is 2. The Morgan fingerprint density at radius 3 is 2.81 bits per heavy atom. The summed E-state index contributed by atoms with van der Waals surface area (Å²) in [7, 11) is 0. The van der Waals surface area contributed by atoms with Crippen LogP contribution in [0.2, 0.25) is 0 Å². The van der Waals surface area contributed by atoms with Gasteiger partial charge < -0.3 is 19.7 Å². The molecule has 1 amide bonds. The molecule has 2 atom stereocenters. The largest absolute Gasteiger partial charge is 0.479 e. The zero-order chi connectivity index (χ0) is 19.0. The Morgan fingerprint density at radius 1 is 1.38 bits per heavy atom. The van der Waals surface area contributed by atoms with Crippen LogP contribution < -0.4 is 5.56 Å². The predicted molar refractivity (Wildman–Crippen MR) is 96.6 cm³/mol. The molecule has 1 unspecified atom stereocenters. The second kappa shape index (κ2) is 7.16. The number of hydrogen-bond acceptors (Lipinski definition) is 6. The van der Waals surface area contributed by atoms with E-state index in [1.54, 1.807) is 6.92 Å². The lowest BCUT2D eigenvalue weighted by molar-refractivity contribution is -0.166. The summed E-state index contributed by atoms with van der Waals surface area (Å²) in [6, 6.07) is 0. The standard InChI is InChI=1S/C17H21N3O5S/c1-8-6-20(7-11(25-8)17(23)24)13(21)5-4-12-18-15(22)14-9(2)10(3)26-16(14)19-12/h8,11H,4-7H2,1-3H3,(H,23,24)(H,18,19,22)/t8-,11?/m1/s1. The fourth-order valence-corrected chi connectivity index (χ4v) is 4.14. The van der Waals surface area contributed by atoms with Crippen molar-refractivity contribution in [2.24, 2.45) is 0 Å². The van der Waals surface area contributed by atoms with Crippen molar-refractivity contribution >= 4 is 33.4 Å². The van der Waals surface area contributed by atoms with Crippen LogP contribution in [0, 0.1) is 13.8 Å². The number of carbonyl (C=O) groups excluding carboxylic acids is 1. The van der Waals surface area contributed by atoms with Gasteiger partial charge in [-0.15, -0.1) is 11.3 Å². The van der Waals surface area contributed by atoms with Gasteiger partial charge in [-0.05, 0) is 26.3 Å². The quantitative estimate of drug-likeness (QED) is 0.826. The summed E-state index contributed by atoms with van der Waals surface area (Å²) in [5.41, 5.74) is 0.744. The number of nitrogens with one attached hydrogen (secondary N) is 1. The zero-order valence-corrected chi connectivity index (χ0v) is 15.7. The SMILES string of the molecule is Cc1sc2nc(CCC(=O)N3CC(C(=O)O)O[C@H](C)C3)[nH]c(=O)c2c1C. The normalized spacial score (nSPS) is 20.5. The molecule has 3 heterocycles. The molecule has 0 saturated carbocycles. The number of carboxylic acids is 1. The maximum absolute atomic E-state index is 12.5. The molecule has 140 valence electrons. The highest BCUT2D eigenvalue weighted by atomic mass is 32.1. The summed E-state index contributed by atoms with van der Waals surface area (Å²) in [6.07, 6.45) is -0.894. The minimum Gasteiger partial charge on any atom is -0.479 e. The molecular formula is C17H21N3O5S. The molecule has 1 fully saturated rings. The van der Waals surface area contributed by atoms with Crippen LogP contribution in [0.3, 0.4) is 0 Å². The molecule has 1 aliphatic heterocycles. The van der Waals surface area contributed by atoms with Crippen molar-refractivity contribution < 1.29 is 19.4 Å². The first-order valence-electron chi connectivity index (χ1n) is 8.41. The smallest absolute Gasteiger partial charge is 0.334 e. The molecule has 0 aromatic carbocycles. The number of aliphatic carboxylic acids is 1. The van der Waals surface area contributed by atoms with Crippen LogP contribution in [-0.2, 0) is 20.7 Å². The van der Waals surface area contributed by atoms with E-state index in [2.05, 4.69) is 9.97 Å². The Balaban J connectivity index is 1.70. The van der Waals surface area contributed by atoms with Gasteiger partial charge in [0.05, 0.1) is 18.0 Å². The summed E-state index contributed by atoms with van der Waals surface area (Å²) in [4.78, 5) is 46.3. The van der Waals surface area contributed by atoms with Crippen LogP contribution in [0.1, 0.15) is 29.6 Å². The third-order valence-electron chi connectivity index (χ3n) is 4.55. The summed E-state index contributed by atoms with van der Waals surface area (Å²) in [6.45, 7) is 5.97. The lowest BCUT2D eigenvalue weighted by Gasteiger charge is -2.35. The zero-order valence-electron chi connectivity index (χ0n) is 14.9. The van der Waals surface area contributed by atoms with Gasteiger partial charge in [0.2, 0.25) is 5.91 Å². The minimum atomic E-state index is -1.07. The number of amides is 1. The number of fused-ring (bicyclic) bond motifs is 1. The Hall–Kier alpha value is -2.26.